The highest BCUT2D eigenvalue weighted by atomic mass is 35.5. The van der Waals surface area contributed by atoms with Crippen molar-refractivity contribution in [1.29, 1.82) is 0 Å². The summed E-state index contributed by atoms with van der Waals surface area (Å²) in [6.07, 6.45) is 0. The smallest absolute Gasteiger partial charge is 0.258 e. The van der Waals surface area contributed by atoms with E-state index in [9.17, 15) is 13.2 Å². The molecule has 0 aliphatic rings. The number of thiophene rings is 1. The zero-order valence-electron chi connectivity index (χ0n) is 14.7. The second kappa shape index (κ2) is 8.63. The Morgan fingerprint density at radius 3 is 2.29 bits per heavy atom. The predicted octanol–water partition coefficient (Wildman–Crippen LogP) is 5.13. The van der Waals surface area contributed by atoms with Crippen molar-refractivity contribution in [2.75, 3.05) is 12.4 Å². The monoisotopic (exact) mass is 454 g/mol. The Balaban J connectivity index is 1.72. The van der Waals surface area contributed by atoms with E-state index in [2.05, 4.69) is 5.32 Å². The van der Waals surface area contributed by atoms with Crippen LogP contribution in [-0.4, -0.2) is 25.7 Å². The average molecular weight is 455 g/mol. The molecule has 0 radical (unpaired) electrons. The van der Waals surface area contributed by atoms with Gasteiger partial charge in [0, 0.05) is 19.3 Å². The number of carbonyl (C=O) groups is 1. The van der Waals surface area contributed by atoms with Gasteiger partial charge in [0.1, 0.15) is 4.34 Å². The first-order chi connectivity index (χ1) is 13.3. The van der Waals surface area contributed by atoms with Crippen LogP contribution in [-0.2, 0) is 16.6 Å². The van der Waals surface area contributed by atoms with Crippen LogP contribution in [0.5, 0.6) is 0 Å². The van der Waals surface area contributed by atoms with E-state index in [1.807, 2.05) is 30.3 Å². The molecule has 1 amide bonds. The van der Waals surface area contributed by atoms with E-state index in [0.29, 0.717) is 14.4 Å². The van der Waals surface area contributed by atoms with Crippen molar-refractivity contribution in [2.24, 2.45) is 0 Å². The maximum absolute atomic E-state index is 12.7. The van der Waals surface area contributed by atoms with Gasteiger partial charge in [-0.2, -0.15) is 4.31 Å². The number of hydrogen-bond donors (Lipinski definition) is 1. The number of nitrogens with one attached hydrogen (secondary N) is 1. The van der Waals surface area contributed by atoms with Gasteiger partial charge in [0.2, 0.25) is 10.0 Å². The second-order valence-electron chi connectivity index (χ2n) is 5.96. The average Bonchev–Trinajstić information content (AvgIpc) is 3.01. The van der Waals surface area contributed by atoms with E-state index in [4.69, 9.17) is 23.2 Å². The number of benzene rings is 2. The van der Waals surface area contributed by atoms with E-state index >= 15 is 0 Å². The quantitative estimate of drug-likeness (QED) is 0.561. The van der Waals surface area contributed by atoms with Crippen LogP contribution < -0.4 is 5.32 Å². The summed E-state index contributed by atoms with van der Waals surface area (Å²) in [6.45, 7) is 0.263. The van der Waals surface area contributed by atoms with E-state index < -0.39 is 15.9 Å². The molecule has 1 aromatic heterocycles. The molecule has 0 saturated carbocycles. The molecular formula is C19H16Cl2N2O3S2. The van der Waals surface area contributed by atoms with E-state index in [1.165, 1.54) is 41.7 Å². The van der Waals surface area contributed by atoms with Crippen molar-refractivity contribution >= 4 is 56.2 Å². The fourth-order valence-electron chi connectivity index (χ4n) is 2.51. The molecule has 0 fully saturated rings. The molecule has 1 N–H and O–H groups in total. The lowest BCUT2D eigenvalue weighted by Crippen LogP contribution is -2.26. The van der Waals surface area contributed by atoms with Crippen molar-refractivity contribution in [1.82, 2.24) is 4.31 Å². The summed E-state index contributed by atoms with van der Waals surface area (Å²) in [6, 6.07) is 16.8. The zero-order chi connectivity index (χ0) is 20.3. The fourth-order valence-corrected chi connectivity index (χ4v) is 5.13. The molecule has 0 spiro atoms. The lowest BCUT2D eigenvalue weighted by atomic mass is 10.2. The van der Waals surface area contributed by atoms with E-state index in [0.717, 1.165) is 16.9 Å². The molecule has 0 unspecified atom stereocenters. The second-order valence-corrected chi connectivity index (χ2v) is 10.3. The van der Waals surface area contributed by atoms with Crippen LogP contribution in [0.1, 0.15) is 15.9 Å². The number of halogens is 2. The molecule has 0 atom stereocenters. The third-order valence-corrected chi connectivity index (χ3v) is 7.27. The molecule has 3 aromatic rings. The van der Waals surface area contributed by atoms with Crippen molar-refractivity contribution in [2.45, 2.75) is 11.4 Å². The number of nitrogens with zero attached hydrogens (tertiary/aromatic N) is 1. The first kappa shape index (κ1) is 20.8. The number of hydrogen-bond acceptors (Lipinski definition) is 4. The Hall–Kier alpha value is -1.90. The van der Waals surface area contributed by atoms with Crippen LogP contribution in [0.2, 0.25) is 8.67 Å². The first-order valence-corrected chi connectivity index (χ1v) is 11.1. The topological polar surface area (TPSA) is 66.5 Å². The number of anilines is 1. The standard InChI is InChI=1S/C19H16Cl2N2O3S2/c1-23(12-13-5-3-2-4-6-13)28(25,26)15-9-7-14(8-10-15)22-19(24)16-11-17(20)27-18(16)21/h2-11H,12H2,1H3,(H,22,24). The van der Waals surface area contributed by atoms with Gasteiger partial charge in [-0.1, -0.05) is 53.5 Å². The zero-order valence-corrected chi connectivity index (χ0v) is 17.9. The number of amides is 1. The van der Waals surface area contributed by atoms with Crippen LogP contribution in [0.4, 0.5) is 5.69 Å². The first-order valence-electron chi connectivity index (χ1n) is 8.14. The van der Waals surface area contributed by atoms with E-state index in [-0.39, 0.29) is 17.0 Å². The van der Waals surface area contributed by atoms with Crippen LogP contribution in [0.15, 0.2) is 65.6 Å². The summed E-state index contributed by atoms with van der Waals surface area (Å²) in [7, 11) is -2.13. The highest BCUT2D eigenvalue weighted by Crippen LogP contribution is 2.31. The molecular weight excluding hydrogens is 439 g/mol. The summed E-state index contributed by atoms with van der Waals surface area (Å²) in [5, 5.41) is 2.68. The van der Waals surface area contributed by atoms with E-state index in [1.54, 1.807) is 0 Å². The molecule has 0 aliphatic carbocycles. The molecule has 2 aromatic carbocycles. The SMILES string of the molecule is CN(Cc1ccccc1)S(=O)(=O)c1ccc(NC(=O)c2cc(Cl)sc2Cl)cc1. The minimum absolute atomic E-state index is 0.139. The molecule has 5 nitrogen and oxygen atoms in total. The van der Waals surface area contributed by atoms with Gasteiger partial charge in [-0.25, -0.2) is 8.42 Å². The minimum atomic E-state index is -3.65. The Bertz CT molecular complexity index is 1080. The van der Waals surface area contributed by atoms with Crippen LogP contribution >= 0.6 is 34.5 Å². The number of sulfonamides is 1. The van der Waals surface area contributed by atoms with Crippen LogP contribution in [0.3, 0.4) is 0 Å². The van der Waals surface area contributed by atoms with Gasteiger partial charge in [-0.15, -0.1) is 11.3 Å². The van der Waals surface area contributed by atoms with Gasteiger partial charge in [-0.05, 0) is 35.9 Å². The van der Waals surface area contributed by atoms with Gasteiger partial charge < -0.3 is 5.32 Å². The molecule has 146 valence electrons. The third-order valence-electron chi connectivity index (χ3n) is 3.97. The van der Waals surface area contributed by atoms with Gasteiger partial charge in [0.25, 0.3) is 5.91 Å². The molecule has 0 bridgehead atoms. The normalized spacial score (nSPS) is 11.6. The van der Waals surface area contributed by atoms with Crippen LogP contribution in [0, 0.1) is 0 Å². The highest BCUT2D eigenvalue weighted by molar-refractivity contribution is 7.89. The van der Waals surface area contributed by atoms with Gasteiger partial charge >= 0.3 is 0 Å². The molecule has 3 rings (SSSR count). The van der Waals surface area contributed by atoms with Crippen molar-refractivity contribution in [3.8, 4) is 0 Å². The number of carbonyl (C=O) groups excluding carboxylic acids is 1. The maximum Gasteiger partial charge on any atom is 0.258 e. The Labute approximate surface area is 177 Å². The summed E-state index contributed by atoms with van der Waals surface area (Å²) in [5.74, 6) is -0.412. The molecule has 9 heteroatoms. The summed E-state index contributed by atoms with van der Waals surface area (Å²) >= 11 is 12.9. The van der Waals surface area contributed by atoms with Crippen molar-refractivity contribution in [3.05, 3.63) is 80.5 Å². The van der Waals surface area contributed by atoms with Gasteiger partial charge in [-0.3, -0.25) is 4.79 Å². The highest BCUT2D eigenvalue weighted by Gasteiger charge is 2.21. The van der Waals surface area contributed by atoms with Gasteiger partial charge in [0.05, 0.1) is 14.8 Å². The minimum Gasteiger partial charge on any atom is -0.322 e. The largest absolute Gasteiger partial charge is 0.322 e. The summed E-state index contributed by atoms with van der Waals surface area (Å²) in [5.41, 5.74) is 1.62. The van der Waals surface area contributed by atoms with Crippen molar-refractivity contribution in [3.63, 3.8) is 0 Å². The van der Waals surface area contributed by atoms with Gasteiger partial charge in [0.15, 0.2) is 0 Å². The molecule has 1 heterocycles. The summed E-state index contributed by atoms with van der Waals surface area (Å²) in [4.78, 5) is 12.4. The summed E-state index contributed by atoms with van der Waals surface area (Å²) < 4.78 is 27.5. The van der Waals surface area contributed by atoms with Crippen molar-refractivity contribution < 1.29 is 13.2 Å². The molecule has 0 saturated heterocycles. The lowest BCUT2D eigenvalue weighted by Gasteiger charge is -2.17. The third kappa shape index (κ3) is 4.74. The number of rotatable bonds is 6. The maximum atomic E-state index is 12.7. The molecule has 28 heavy (non-hydrogen) atoms. The fraction of sp³-hybridized carbons (Fsp3) is 0.105. The predicted molar refractivity (Wildman–Crippen MR) is 114 cm³/mol. The van der Waals surface area contributed by atoms with Crippen LogP contribution in [0.25, 0.3) is 0 Å². The lowest BCUT2D eigenvalue weighted by molar-refractivity contribution is 0.102. The Kier molecular flexibility index (Phi) is 6.42. The molecule has 0 aliphatic heterocycles. The Morgan fingerprint density at radius 1 is 1.07 bits per heavy atom. The Morgan fingerprint density at radius 2 is 1.71 bits per heavy atom.